The van der Waals surface area contributed by atoms with Gasteiger partial charge in [-0.25, -0.2) is 13.1 Å². The van der Waals surface area contributed by atoms with Crippen LogP contribution in [-0.2, 0) is 14.8 Å². The molecular formula is C14H18BrNO5S. The van der Waals surface area contributed by atoms with Gasteiger partial charge in [-0.1, -0.05) is 0 Å². The van der Waals surface area contributed by atoms with Gasteiger partial charge in [-0.2, -0.15) is 0 Å². The molecule has 0 heterocycles. The Kier molecular flexibility index (Phi) is 5.46. The van der Waals surface area contributed by atoms with Crippen molar-refractivity contribution in [3.8, 4) is 5.75 Å². The fourth-order valence-electron chi connectivity index (χ4n) is 2.56. The molecule has 0 aliphatic heterocycles. The van der Waals surface area contributed by atoms with Gasteiger partial charge < -0.3 is 9.84 Å². The van der Waals surface area contributed by atoms with E-state index in [1.54, 1.807) is 6.07 Å². The van der Waals surface area contributed by atoms with Crippen LogP contribution in [0.2, 0.25) is 0 Å². The number of hydrogen-bond donors (Lipinski definition) is 2. The number of nitrogens with one attached hydrogen (secondary N) is 1. The summed E-state index contributed by atoms with van der Waals surface area (Å²) in [7, 11) is -2.12. The number of benzene rings is 1. The maximum absolute atomic E-state index is 12.4. The Hall–Kier alpha value is -1.12. The van der Waals surface area contributed by atoms with Crippen molar-refractivity contribution in [2.45, 2.75) is 36.6 Å². The van der Waals surface area contributed by atoms with E-state index in [1.165, 1.54) is 19.2 Å². The molecule has 0 radical (unpaired) electrons. The van der Waals surface area contributed by atoms with Crippen LogP contribution in [-0.4, -0.2) is 32.6 Å². The van der Waals surface area contributed by atoms with E-state index in [2.05, 4.69) is 20.7 Å². The van der Waals surface area contributed by atoms with Crippen LogP contribution in [0.5, 0.6) is 5.75 Å². The molecule has 2 N–H and O–H groups in total. The molecular weight excluding hydrogens is 374 g/mol. The molecule has 0 amide bonds. The quantitative estimate of drug-likeness (QED) is 0.803. The van der Waals surface area contributed by atoms with E-state index in [0.29, 0.717) is 35.9 Å². The fourth-order valence-corrected chi connectivity index (χ4v) is 4.58. The van der Waals surface area contributed by atoms with Crippen molar-refractivity contribution in [1.29, 1.82) is 0 Å². The third-order valence-corrected chi connectivity index (χ3v) is 5.97. The molecule has 8 heteroatoms. The maximum atomic E-state index is 12.4. The number of hydrogen-bond acceptors (Lipinski definition) is 4. The lowest BCUT2D eigenvalue weighted by Crippen LogP contribution is -2.38. The number of sulfonamides is 1. The zero-order chi connectivity index (χ0) is 16.3. The number of carboxylic acid groups (broad SMARTS) is 1. The highest BCUT2D eigenvalue weighted by atomic mass is 79.9. The van der Waals surface area contributed by atoms with Gasteiger partial charge in [0.15, 0.2) is 0 Å². The highest BCUT2D eigenvalue weighted by Gasteiger charge is 2.29. The molecule has 6 nitrogen and oxygen atoms in total. The van der Waals surface area contributed by atoms with Crippen LogP contribution in [0.3, 0.4) is 0 Å². The normalized spacial score (nSPS) is 22.3. The third-order valence-electron chi connectivity index (χ3n) is 3.83. The minimum atomic E-state index is -3.63. The molecule has 2 rings (SSSR count). The Labute approximate surface area is 138 Å². The average Bonchev–Trinajstić information content (AvgIpc) is 2.47. The van der Waals surface area contributed by atoms with Crippen molar-refractivity contribution in [3.63, 3.8) is 0 Å². The van der Waals surface area contributed by atoms with E-state index >= 15 is 0 Å². The molecule has 0 spiro atoms. The van der Waals surface area contributed by atoms with Crippen LogP contribution < -0.4 is 9.46 Å². The van der Waals surface area contributed by atoms with Crippen LogP contribution in [0.4, 0.5) is 0 Å². The second-order valence-corrected chi connectivity index (χ2v) is 7.87. The lowest BCUT2D eigenvalue weighted by Gasteiger charge is -2.26. The molecule has 0 bridgehead atoms. The highest BCUT2D eigenvalue weighted by Crippen LogP contribution is 2.29. The van der Waals surface area contributed by atoms with E-state index in [0.717, 1.165) is 0 Å². The number of carboxylic acids is 1. The summed E-state index contributed by atoms with van der Waals surface area (Å²) < 4.78 is 33.1. The van der Waals surface area contributed by atoms with Crippen LogP contribution in [0.15, 0.2) is 27.6 Å². The summed E-state index contributed by atoms with van der Waals surface area (Å²) in [5.41, 5.74) is 0. The summed E-state index contributed by atoms with van der Waals surface area (Å²) in [6.07, 6.45) is 2.06. The summed E-state index contributed by atoms with van der Waals surface area (Å²) >= 11 is 3.27. The number of ether oxygens (including phenoxy) is 1. The van der Waals surface area contributed by atoms with Crippen LogP contribution >= 0.6 is 15.9 Å². The van der Waals surface area contributed by atoms with Crippen LogP contribution in [0.25, 0.3) is 0 Å². The van der Waals surface area contributed by atoms with E-state index in [-0.39, 0.29) is 16.9 Å². The number of carbonyl (C=O) groups is 1. The van der Waals surface area contributed by atoms with Crippen molar-refractivity contribution >= 4 is 31.9 Å². The third kappa shape index (κ3) is 3.99. The molecule has 1 aromatic rings. The molecule has 1 fully saturated rings. The molecule has 0 atom stereocenters. The molecule has 0 aromatic heterocycles. The summed E-state index contributed by atoms with van der Waals surface area (Å²) in [4.78, 5) is 11.1. The standard InChI is InChI=1S/C14H18BrNO5S/c1-21-13-7-6-11(8-12(13)15)22(19,20)16-10-4-2-9(3-5-10)14(17)18/h6-10,16H,2-5H2,1H3,(H,17,18). The second-order valence-electron chi connectivity index (χ2n) is 5.30. The topological polar surface area (TPSA) is 92.7 Å². The first-order valence-corrected chi connectivity index (χ1v) is 9.20. The van der Waals surface area contributed by atoms with Crippen molar-refractivity contribution < 1.29 is 23.1 Å². The predicted molar refractivity (Wildman–Crippen MR) is 84.4 cm³/mol. The first kappa shape index (κ1) is 17.2. The van der Waals surface area contributed by atoms with E-state index in [4.69, 9.17) is 9.84 Å². The Bertz CT molecular complexity index is 653. The lowest BCUT2D eigenvalue weighted by molar-refractivity contribution is -0.142. The van der Waals surface area contributed by atoms with Gasteiger partial charge in [-0.15, -0.1) is 0 Å². The van der Waals surface area contributed by atoms with Gasteiger partial charge in [-0.3, -0.25) is 4.79 Å². The van der Waals surface area contributed by atoms with E-state index in [1.807, 2.05) is 0 Å². The number of methoxy groups -OCH3 is 1. The van der Waals surface area contributed by atoms with Gasteiger partial charge in [0.05, 0.1) is 22.4 Å². The first-order valence-electron chi connectivity index (χ1n) is 6.92. The number of rotatable bonds is 5. The summed E-state index contributed by atoms with van der Waals surface area (Å²) in [5.74, 6) is -0.614. The molecule has 122 valence electrons. The Morgan fingerprint density at radius 3 is 2.45 bits per heavy atom. The summed E-state index contributed by atoms with van der Waals surface area (Å²) in [6.45, 7) is 0. The molecule has 1 aliphatic carbocycles. The SMILES string of the molecule is COc1ccc(S(=O)(=O)NC2CCC(C(=O)O)CC2)cc1Br. The maximum Gasteiger partial charge on any atom is 0.306 e. The smallest absolute Gasteiger partial charge is 0.306 e. The van der Waals surface area contributed by atoms with E-state index < -0.39 is 16.0 Å². The minimum absolute atomic E-state index is 0.153. The number of aliphatic carboxylic acids is 1. The fraction of sp³-hybridized carbons (Fsp3) is 0.500. The van der Waals surface area contributed by atoms with E-state index in [9.17, 15) is 13.2 Å². The minimum Gasteiger partial charge on any atom is -0.496 e. The molecule has 1 aromatic carbocycles. The van der Waals surface area contributed by atoms with Gasteiger partial charge in [0, 0.05) is 6.04 Å². The lowest BCUT2D eigenvalue weighted by atomic mass is 9.87. The molecule has 0 saturated heterocycles. The Balaban J connectivity index is 2.06. The van der Waals surface area contributed by atoms with Gasteiger partial charge >= 0.3 is 5.97 Å². The second kappa shape index (κ2) is 6.97. The zero-order valence-electron chi connectivity index (χ0n) is 12.1. The summed E-state index contributed by atoms with van der Waals surface area (Å²) in [6, 6.07) is 4.33. The average molecular weight is 392 g/mol. The van der Waals surface area contributed by atoms with Crippen LogP contribution in [0.1, 0.15) is 25.7 Å². The van der Waals surface area contributed by atoms with Gasteiger partial charge in [0.25, 0.3) is 0 Å². The molecule has 1 aliphatic rings. The van der Waals surface area contributed by atoms with Gasteiger partial charge in [0.2, 0.25) is 10.0 Å². The van der Waals surface area contributed by atoms with Gasteiger partial charge in [0.1, 0.15) is 5.75 Å². The Morgan fingerprint density at radius 1 is 1.32 bits per heavy atom. The largest absolute Gasteiger partial charge is 0.496 e. The summed E-state index contributed by atoms with van der Waals surface area (Å²) in [5, 5.41) is 8.96. The predicted octanol–water partition coefficient (Wildman–Crippen LogP) is 2.38. The van der Waals surface area contributed by atoms with Crippen molar-refractivity contribution in [3.05, 3.63) is 22.7 Å². The monoisotopic (exact) mass is 391 g/mol. The molecule has 1 saturated carbocycles. The van der Waals surface area contributed by atoms with Crippen molar-refractivity contribution in [2.24, 2.45) is 5.92 Å². The van der Waals surface area contributed by atoms with Crippen molar-refractivity contribution in [1.82, 2.24) is 4.72 Å². The number of halogens is 1. The zero-order valence-corrected chi connectivity index (χ0v) is 14.5. The highest BCUT2D eigenvalue weighted by molar-refractivity contribution is 9.10. The van der Waals surface area contributed by atoms with Crippen molar-refractivity contribution in [2.75, 3.05) is 7.11 Å². The molecule has 0 unspecified atom stereocenters. The molecule has 22 heavy (non-hydrogen) atoms. The Morgan fingerprint density at radius 2 is 1.95 bits per heavy atom. The van der Waals surface area contributed by atoms with Crippen LogP contribution in [0, 0.1) is 5.92 Å². The first-order chi connectivity index (χ1) is 10.3. The van der Waals surface area contributed by atoms with Gasteiger partial charge in [-0.05, 0) is 59.8 Å².